The number of ether oxygens (including phenoxy) is 1. The van der Waals surface area contributed by atoms with Crippen LogP contribution in [0.25, 0.3) is 0 Å². The summed E-state index contributed by atoms with van der Waals surface area (Å²) in [4.78, 5) is 43.8. The maximum Gasteiger partial charge on any atom is 0.285 e. The molecule has 1 unspecified atom stereocenters. The summed E-state index contributed by atoms with van der Waals surface area (Å²) < 4.78 is 7.12. The molecule has 1 aliphatic carbocycles. The Morgan fingerprint density at radius 2 is 2.13 bits per heavy atom. The molecule has 1 saturated carbocycles. The number of rotatable bonds is 5. The van der Waals surface area contributed by atoms with Crippen LogP contribution in [-0.2, 0) is 24.3 Å². The number of carbonyl (C=O) groups is 2. The molecule has 0 radical (unpaired) electrons. The summed E-state index contributed by atoms with van der Waals surface area (Å²) in [5, 5.41) is 2.80. The fourth-order valence-electron chi connectivity index (χ4n) is 4.76. The van der Waals surface area contributed by atoms with Crippen LogP contribution in [0, 0.1) is 11.3 Å². The van der Waals surface area contributed by atoms with Crippen LogP contribution in [0.5, 0.6) is 5.75 Å². The lowest BCUT2D eigenvalue weighted by Crippen LogP contribution is -2.33. The molecule has 1 spiro atoms. The van der Waals surface area contributed by atoms with Gasteiger partial charge >= 0.3 is 0 Å². The van der Waals surface area contributed by atoms with Gasteiger partial charge in [-0.2, -0.15) is 4.98 Å². The molecule has 2 amide bonds. The largest absolute Gasteiger partial charge is 0.497 e. The Kier molecular flexibility index (Phi) is 4.79. The second kappa shape index (κ2) is 7.51. The molecule has 1 N–H and O–H groups in total. The number of benzene rings is 1. The molecule has 2 fully saturated rings. The number of amides is 2. The average molecular weight is 422 g/mol. The van der Waals surface area contributed by atoms with Gasteiger partial charge in [0.25, 0.3) is 11.5 Å². The highest BCUT2D eigenvalue weighted by Gasteiger charge is 2.47. The second-order valence-corrected chi connectivity index (χ2v) is 9.00. The molecule has 1 saturated heterocycles. The molecular weight excluding hydrogens is 396 g/mol. The standard InChI is InChI=1S/C23H26N4O4/c1-31-17-4-2-3-15(9-17)11-24-20(28)18-12-27-14-23(10-19(27)25-21(18)29)7-8-26(13-23)22(30)16-5-6-16/h2-4,9,12,16H,5-8,10-11,13-14H2,1H3,(H,24,28). The Morgan fingerprint density at radius 1 is 1.29 bits per heavy atom. The quantitative estimate of drug-likeness (QED) is 0.786. The summed E-state index contributed by atoms with van der Waals surface area (Å²) in [6.45, 7) is 2.44. The number of fused-ring (bicyclic) bond motifs is 1. The van der Waals surface area contributed by atoms with E-state index in [0.717, 1.165) is 31.4 Å². The molecule has 8 nitrogen and oxygen atoms in total. The maximum atomic E-state index is 12.7. The van der Waals surface area contributed by atoms with E-state index in [2.05, 4.69) is 10.3 Å². The van der Waals surface area contributed by atoms with E-state index in [1.807, 2.05) is 33.7 Å². The fraction of sp³-hybridized carbons (Fsp3) is 0.478. The monoisotopic (exact) mass is 422 g/mol. The van der Waals surface area contributed by atoms with E-state index in [1.54, 1.807) is 13.3 Å². The van der Waals surface area contributed by atoms with Crippen LogP contribution >= 0.6 is 0 Å². The van der Waals surface area contributed by atoms with Crippen LogP contribution in [0.4, 0.5) is 0 Å². The van der Waals surface area contributed by atoms with Crippen molar-refractivity contribution in [1.29, 1.82) is 0 Å². The van der Waals surface area contributed by atoms with Gasteiger partial charge < -0.3 is 19.5 Å². The van der Waals surface area contributed by atoms with Crippen LogP contribution in [0.3, 0.4) is 0 Å². The van der Waals surface area contributed by atoms with E-state index in [9.17, 15) is 14.4 Å². The molecule has 162 valence electrons. The van der Waals surface area contributed by atoms with Crippen LogP contribution in [0.1, 0.15) is 41.0 Å². The molecule has 1 aromatic heterocycles. The summed E-state index contributed by atoms with van der Waals surface area (Å²) in [7, 11) is 1.59. The zero-order valence-corrected chi connectivity index (χ0v) is 17.6. The van der Waals surface area contributed by atoms with Gasteiger partial charge in [0.15, 0.2) is 0 Å². The van der Waals surface area contributed by atoms with Gasteiger partial charge in [0.2, 0.25) is 5.91 Å². The molecule has 1 aromatic carbocycles. The fourth-order valence-corrected chi connectivity index (χ4v) is 4.76. The molecule has 31 heavy (non-hydrogen) atoms. The van der Waals surface area contributed by atoms with Crippen molar-refractivity contribution in [2.45, 2.75) is 38.8 Å². The number of hydrogen-bond acceptors (Lipinski definition) is 5. The number of methoxy groups -OCH3 is 1. The van der Waals surface area contributed by atoms with E-state index in [0.29, 0.717) is 37.6 Å². The van der Waals surface area contributed by atoms with Gasteiger partial charge in [-0.3, -0.25) is 14.4 Å². The first-order valence-electron chi connectivity index (χ1n) is 10.8. The SMILES string of the molecule is COc1cccc(CNC(=O)c2cn3c(nc2=O)CC2(CCN(C(=O)C4CC4)C2)C3)c1. The third-order valence-corrected chi connectivity index (χ3v) is 6.62. The minimum atomic E-state index is -0.504. The minimum absolute atomic E-state index is 0.0487. The van der Waals surface area contributed by atoms with Gasteiger partial charge in [0.1, 0.15) is 17.1 Å². The van der Waals surface area contributed by atoms with Crippen molar-refractivity contribution >= 4 is 11.8 Å². The predicted octanol–water partition coefficient (Wildman–Crippen LogP) is 1.37. The van der Waals surface area contributed by atoms with Crippen molar-refractivity contribution < 1.29 is 14.3 Å². The first-order chi connectivity index (χ1) is 15.0. The highest BCUT2D eigenvalue weighted by Crippen LogP contribution is 2.42. The Labute approximate surface area is 180 Å². The number of nitrogens with one attached hydrogen (secondary N) is 1. The highest BCUT2D eigenvalue weighted by atomic mass is 16.5. The summed E-state index contributed by atoms with van der Waals surface area (Å²) in [5.74, 6) is 1.47. The van der Waals surface area contributed by atoms with Crippen LogP contribution in [0.2, 0.25) is 0 Å². The summed E-state index contributed by atoms with van der Waals surface area (Å²) in [5.41, 5.74) is 0.349. The van der Waals surface area contributed by atoms with Gasteiger partial charge in [0.05, 0.1) is 7.11 Å². The van der Waals surface area contributed by atoms with E-state index in [1.165, 1.54) is 0 Å². The van der Waals surface area contributed by atoms with Crippen LogP contribution in [-0.4, -0.2) is 46.5 Å². The zero-order chi connectivity index (χ0) is 21.6. The molecule has 8 heteroatoms. The molecule has 0 bridgehead atoms. The Bertz CT molecular complexity index is 1110. The summed E-state index contributed by atoms with van der Waals surface area (Å²) in [6.07, 6.45) is 5.22. The summed E-state index contributed by atoms with van der Waals surface area (Å²) >= 11 is 0. The topological polar surface area (TPSA) is 93.5 Å². The second-order valence-electron chi connectivity index (χ2n) is 9.00. The smallest absolute Gasteiger partial charge is 0.285 e. The van der Waals surface area contributed by atoms with Crippen molar-refractivity contribution in [3.05, 3.63) is 57.8 Å². The van der Waals surface area contributed by atoms with Gasteiger partial charge in [-0.1, -0.05) is 12.1 Å². The normalized spacial score (nSPS) is 21.9. The molecule has 5 rings (SSSR count). The molecule has 2 aromatic rings. The lowest BCUT2D eigenvalue weighted by Gasteiger charge is -2.22. The van der Waals surface area contributed by atoms with Crippen molar-refractivity contribution in [1.82, 2.24) is 19.8 Å². The number of likely N-dealkylation sites (tertiary alicyclic amines) is 1. The van der Waals surface area contributed by atoms with Crippen molar-refractivity contribution in [3.8, 4) is 5.75 Å². The van der Waals surface area contributed by atoms with E-state index in [-0.39, 0.29) is 22.8 Å². The lowest BCUT2D eigenvalue weighted by atomic mass is 9.86. The number of nitrogens with zero attached hydrogens (tertiary/aromatic N) is 3. The predicted molar refractivity (Wildman–Crippen MR) is 113 cm³/mol. The lowest BCUT2D eigenvalue weighted by molar-refractivity contribution is -0.131. The highest BCUT2D eigenvalue weighted by molar-refractivity contribution is 5.93. The molecule has 2 aliphatic heterocycles. The van der Waals surface area contributed by atoms with Crippen molar-refractivity contribution in [3.63, 3.8) is 0 Å². The van der Waals surface area contributed by atoms with E-state index in [4.69, 9.17) is 4.74 Å². The van der Waals surface area contributed by atoms with E-state index < -0.39 is 11.5 Å². The molecular formula is C23H26N4O4. The molecule has 3 heterocycles. The van der Waals surface area contributed by atoms with Crippen molar-refractivity contribution in [2.24, 2.45) is 11.3 Å². The maximum absolute atomic E-state index is 12.7. The minimum Gasteiger partial charge on any atom is -0.497 e. The van der Waals surface area contributed by atoms with Gasteiger partial charge in [0, 0.05) is 50.1 Å². The Morgan fingerprint density at radius 3 is 2.90 bits per heavy atom. The zero-order valence-electron chi connectivity index (χ0n) is 17.6. The molecule has 3 aliphatic rings. The van der Waals surface area contributed by atoms with Crippen LogP contribution < -0.4 is 15.6 Å². The number of carbonyl (C=O) groups excluding carboxylic acids is 2. The van der Waals surface area contributed by atoms with Crippen LogP contribution in [0.15, 0.2) is 35.3 Å². The average Bonchev–Trinajstić information content (AvgIpc) is 3.46. The first kappa shape index (κ1) is 19.8. The van der Waals surface area contributed by atoms with Crippen molar-refractivity contribution in [2.75, 3.05) is 20.2 Å². The van der Waals surface area contributed by atoms with E-state index >= 15 is 0 Å². The third-order valence-electron chi connectivity index (χ3n) is 6.62. The third kappa shape index (κ3) is 3.82. The Balaban J connectivity index is 1.28. The number of hydrogen-bond donors (Lipinski definition) is 1. The first-order valence-corrected chi connectivity index (χ1v) is 10.8. The molecule has 1 atom stereocenters. The summed E-state index contributed by atoms with van der Waals surface area (Å²) in [6, 6.07) is 7.41. The van der Waals surface area contributed by atoms with Gasteiger partial charge in [-0.25, -0.2) is 0 Å². The Hall–Kier alpha value is -3.16. The van der Waals surface area contributed by atoms with Gasteiger partial charge in [-0.05, 0) is 37.0 Å². The number of aromatic nitrogens is 2. The van der Waals surface area contributed by atoms with Gasteiger partial charge in [-0.15, -0.1) is 0 Å².